The molecular weight excluding hydrogens is 428 g/mol. The Morgan fingerprint density at radius 2 is 1.73 bits per heavy atom. The van der Waals surface area contributed by atoms with Crippen molar-refractivity contribution in [3.63, 3.8) is 0 Å². The van der Waals surface area contributed by atoms with Crippen molar-refractivity contribution in [3.05, 3.63) is 64.8 Å². The Morgan fingerprint density at radius 1 is 1.00 bits per heavy atom. The summed E-state index contributed by atoms with van der Waals surface area (Å²) in [5.41, 5.74) is 5.31. The quantitative estimate of drug-likeness (QED) is 0.329. The molecule has 1 aromatic heterocycles. The zero-order chi connectivity index (χ0) is 23.8. The van der Waals surface area contributed by atoms with Gasteiger partial charge in [-0.25, -0.2) is 4.98 Å². The van der Waals surface area contributed by atoms with Gasteiger partial charge < -0.3 is 15.1 Å². The van der Waals surface area contributed by atoms with Crippen LogP contribution >= 0.6 is 11.6 Å². The minimum Gasteiger partial charge on any atom is -0.382 e. The van der Waals surface area contributed by atoms with Crippen molar-refractivity contribution in [1.29, 1.82) is 0 Å². The highest BCUT2D eigenvalue weighted by molar-refractivity contribution is 6.30. The van der Waals surface area contributed by atoms with Crippen LogP contribution in [0.25, 0.3) is 23.1 Å². The second-order valence-corrected chi connectivity index (χ2v) is 9.23. The maximum atomic E-state index is 6.02. The molecular formula is C28H37ClN4. The number of pyridine rings is 1. The van der Waals surface area contributed by atoms with Crippen LogP contribution in [-0.2, 0) is 0 Å². The monoisotopic (exact) mass is 464 g/mol. The average Bonchev–Trinajstić information content (AvgIpc) is 2.81. The van der Waals surface area contributed by atoms with Gasteiger partial charge in [-0.2, -0.15) is 0 Å². The molecule has 3 aromatic rings. The standard InChI is InChI=1S/C28H37ClN4/c1-6-33(7-2)18-8-9-21(3)30-27-19-24(15-12-22-10-13-23(29)14-11-22)31-28-20-25(32(4)5)16-17-26(27)28/h10-17,19-21H,6-9,18H2,1-5H3,(H,30,31)/b15-12-/t21-/m1/s1. The molecule has 0 fully saturated rings. The lowest BCUT2D eigenvalue weighted by Crippen LogP contribution is -2.25. The van der Waals surface area contributed by atoms with E-state index in [4.69, 9.17) is 16.6 Å². The van der Waals surface area contributed by atoms with E-state index in [0.29, 0.717) is 6.04 Å². The first kappa shape index (κ1) is 25.1. The van der Waals surface area contributed by atoms with E-state index in [9.17, 15) is 0 Å². The first-order valence-corrected chi connectivity index (χ1v) is 12.3. The molecule has 0 bridgehead atoms. The molecule has 0 amide bonds. The summed E-state index contributed by atoms with van der Waals surface area (Å²) >= 11 is 6.02. The van der Waals surface area contributed by atoms with E-state index in [1.54, 1.807) is 0 Å². The molecule has 0 aliphatic rings. The highest BCUT2D eigenvalue weighted by atomic mass is 35.5. The summed E-state index contributed by atoms with van der Waals surface area (Å²) in [5.74, 6) is 0. The molecule has 2 aromatic carbocycles. The third kappa shape index (κ3) is 7.21. The summed E-state index contributed by atoms with van der Waals surface area (Å²) in [6, 6.07) is 16.9. The molecule has 0 saturated carbocycles. The van der Waals surface area contributed by atoms with Crippen molar-refractivity contribution in [2.45, 2.75) is 39.7 Å². The molecule has 1 N–H and O–H groups in total. The number of nitrogens with zero attached hydrogens (tertiary/aromatic N) is 3. The van der Waals surface area contributed by atoms with Crippen molar-refractivity contribution in [3.8, 4) is 0 Å². The van der Waals surface area contributed by atoms with E-state index >= 15 is 0 Å². The Morgan fingerprint density at radius 3 is 2.39 bits per heavy atom. The second kappa shape index (κ2) is 12.1. The van der Waals surface area contributed by atoms with Crippen LogP contribution in [0.5, 0.6) is 0 Å². The van der Waals surface area contributed by atoms with Crippen LogP contribution in [0.3, 0.4) is 0 Å². The third-order valence-corrected chi connectivity index (χ3v) is 6.31. The normalized spacial score (nSPS) is 12.6. The van der Waals surface area contributed by atoms with E-state index in [1.807, 2.05) is 24.3 Å². The Labute approximate surface area is 204 Å². The SMILES string of the molecule is CCN(CC)CCC[C@@H](C)Nc1cc(/C=C\c2ccc(Cl)cc2)nc2cc(N(C)C)ccc12. The largest absolute Gasteiger partial charge is 0.382 e. The van der Waals surface area contributed by atoms with Gasteiger partial charge in [-0.05, 0) is 87.4 Å². The Kier molecular flexibility index (Phi) is 9.16. The fraction of sp³-hybridized carbons (Fsp3) is 0.393. The summed E-state index contributed by atoms with van der Waals surface area (Å²) in [5, 5.41) is 5.66. The predicted molar refractivity (Wildman–Crippen MR) is 147 cm³/mol. The van der Waals surface area contributed by atoms with Gasteiger partial charge in [0.15, 0.2) is 0 Å². The van der Waals surface area contributed by atoms with Crippen molar-refractivity contribution in [2.75, 3.05) is 43.9 Å². The van der Waals surface area contributed by atoms with Crippen LogP contribution in [0, 0.1) is 0 Å². The van der Waals surface area contributed by atoms with Crippen LogP contribution in [-0.4, -0.2) is 49.7 Å². The average molecular weight is 465 g/mol. The van der Waals surface area contributed by atoms with Crippen LogP contribution in [0.2, 0.25) is 5.02 Å². The highest BCUT2D eigenvalue weighted by Gasteiger charge is 2.10. The van der Waals surface area contributed by atoms with Crippen molar-refractivity contribution in [2.24, 2.45) is 0 Å². The lowest BCUT2D eigenvalue weighted by Gasteiger charge is -2.21. The number of hydrogen-bond donors (Lipinski definition) is 1. The first-order valence-electron chi connectivity index (χ1n) is 11.9. The highest BCUT2D eigenvalue weighted by Crippen LogP contribution is 2.28. The van der Waals surface area contributed by atoms with Gasteiger partial charge in [0, 0.05) is 41.9 Å². The number of halogens is 1. The lowest BCUT2D eigenvalue weighted by atomic mass is 10.1. The maximum Gasteiger partial charge on any atom is 0.0750 e. The van der Waals surface area contributed by atoms with Crippen molar-refractivity contribution >= 4 is 46.0 Å². The predicted octanol–water partition coefficient (Wildman–Crippen LogP) is 7.05. The molecule has 1 atom stereocenters. The Bertz CT molecular complexity index is 1060. The molecule has 33 heavy (non-hydrogen) atoms. The van der Waals surface area contributed by atoms with Gasteiger partial charge in [-0.15, -0.1) is 0 Å². The van der Waals surface area contributed by atoms with Crippen molar-refractivity contribution < 1.29 is 0 Å². The molecule has 0 aliphatic heterocycles. The molecule has 5 heteroatoms. The fourth-order valence-electron chi connectivity index (χ4n) is 3.97. The number of benzene rings is 2. The minimum atomic E-state index is 0.382. The van der Waals surface area contributed by atoms with Gasteiger partial charge in [-0.3, -0.25) is 0 Å². The molecule has 1 heterocycles. The summed E-state index contributed by atoms with van der Waals surface area (Å²) in [6.45, 7) is 10.1. The van der Waals surface area contributed by atoms with Gasteiger partial charge in [0.2, 0.25) is 0 Å². The summed E-state index contributed by atoms with van der Waals surface area (Å²) in [6.07, 6.45) is 6.47. The minimum absolute atomic E-state index is 0.382. The Balaban J connectivity index is 1.85. The number of rotatable bonds is 11. The number of hydrogen-bond acceptors (Lipinski definition) is 4. The van der Waals surface area contributed by atoms with Gasteiger partial charge in [-0.1, -0.05) is 43.7 Å². The van der Waals surface area contributed by atoms with Crippen LogP contribution in [0.4, 0.5) is 11.4 Å². The van der Waals surface area contributed by atoms with E-state index < -0.39 is 0 Å². The Hall–Kier alpha value is -2.56. The molecule has 0 spiro atoms. The van der Waals surface area contributed by atoms with E-state index in [1.165, 1.54) is 6.42 Å². The van der Waals surface area contributed by atoms with Crippen LogP contribution in [0.1, 0.15) is 44.9 Å². The molecule has 4 nitrogen and oxygen atoms in total. The van der Waals surface area contributed by atoms with Gasteiger partial charge in [0.05, 0.1) is 11.2 Å². The lowest BCUT2D eigenvalue weighted by molar-refractivity contribution is 0.295. The molecule has 0 radical (unpaired) electrons. The van der Waals surface area contributed by atoms with Gasteiger partial charge >= 0.3 is 0 Å². The zero-order valence-corrected chi connectivity index (χ0v) is 21.4. The van der Waals surface area contributed by atoms with E-state index in [2.05, 4.69) is 86.4 Å². The van der Waals surface area contributed by atoms with Crippen LogP contribution < -0.4 is 10.2 Å². The topological polar surface area (TPSA) is 31.4 Å². The fourth-order valence-corrected chi connectivity index (χ4v) is 4.10. The third-order valence-electron chi connectivity index (χ3n) is 6.05. The molecule has 0 unspecified atom stereocenters. The zero-order valence-electron chi connectivity index (χ0n) is 20.6. The molecule has 3 rings (SSSR count). The van der Waals surface area contributed by atoms with Gasteiger partial charge in [0.25, 0.3) is 0 Å². The molecule has 176 valence electrons. The number of fused-ring (bicyclic) bond motifs is 1. The summed E-state index contributed by atoms with van der Waals surface area (Å²) < 4.78 is 0. The summed E-state index contributed by atoms with van der Waals surface area (Å²) in [7, 11) is 4.12. The number of aromatic nitrogens is 1. The van der Waals surface area contributed by atoms with Gasteiger partial charge in [0.1, 0.15) is 0 Å². The molecule has 0 aliphatic carbocycles. The summed E-state index contributed by atoms with van der Waals surface area (Å²) in [4.78, 5) is 9.53. The van der Waals surface area contributed by atoms with E-state index in [0.717, 1.165) is 64.6 Å². The molecule has 0 saturated heterocycles. The number of nitrogens with one attached hydrogen (secondary N) is 1. The first-order chi connectivity index (χ1) is 15.9. The van der Waals surface area contributed by atoms with Crippen molar-refractivity contribution in [1.82, 2.24) is 9.88 Å². The van der Waals surface area contributed by atoms with Crippen LogP contribution in [0.15, 0.2) is 48.5 Å². The second-order valence-electron chi connectivity index (χ2n) is 8.79. The van der Waals surface area contributed by atoms with E-state index in [-0.39, 0.29) is 0 Å². The smallest absolute Gasteiger partial charge is 0.0750 e. The maximum absolute atomic E-state index is 6.02. The number of anilines is 2.